The molecule has 1 N–H and O–H groups in total. The van der Waals surface area contributed by atoms with Crippen LogP contribution in [-0.4, -0.2) is 99.4 Å². The molecule has 9 heteroatoms. The minimum Gasteiger partial charge on any atom is -0.392 e. The Morgan fingerprint density at radius 3 is 2.62 bits per heavy atom. The van der Waals surface area contributed by atoms with Crippen LogP contribution in [0, 0.1) is 5.82 Å². The van der Waals surface area contributed by atoms with Gasteiger partial charge in [-0.1, -0.05) is 18.2 Å². The van der Waals surface area contributed by atoms with Crippen LogP contribution >= 0.6 is 0 Å². The first-order valence-corrected chi connectivity index (χ1v) is 11.4. The van der Waals surface area contributed by atoms with Crippen molar-refractivity contribution in [2.24, 2.45) is 0 Å². The van der Waals surface area contributed by atoms with E-state index in [2.05, 4.69) is 0 Å². The highest BCUT2D eigenvalue weighted by Gasteiger charge is 2.64. The molecule has 0 bridgehead atoms. The number of fused-ring (bicyclic) bond motifs is 2. The highest BCUT2D eigenvalue weighted by Crippen LogP contribution is 2.41. The van der Waals surface area contributed by atoms with Crippen molar-refractivity contribution >= 4 is 17.7 Å². The van der Waals surface area contributed by atoms with Gasteiger partial charge in [-0.05, 0) is 25.3 Å². The van der Waals surface area contributed by atoms with Crippen molar-refractivity contribution in [2.75, 3.05) is 39.3 Å². The van der Waals surface area contributed by atoms with Crippen LogP contribution in [0.1, 0.15) is 31.2 Å². The maximum atomic E-state index is 14.1. The molecule has 4 saturated heterocycles. The van der Waals surface area contributed by atoms with Gasteiger partial charge in [-0.25, -0.2) is 4.39 Å². The number of rotatable bonds is 6. The third-order valence-corrected chi connectivity index (χ3v) is 7.33. The first-order chi connectivity index (χ1) is 15.4. The van der Waals surface area contributed by atoms with Gasteiger partial charge >= 0.3 is 0 Å². The molecular formula is C23H29FN4O4. The van der Waals surface area contributed by atoms with E-state index in [1.54, 1.807) is 23.1 Å². The van der Waals surface area contributed by atoms with Crippen molar-refractivity contribution in [1.29, 1.82) is 0 Å². The molecule has 0 unspecified atom stereocenters. The second kappa shape index (κ2) is 8.20. The molecule has 4 aliphatic rings. The fourth-order valence-electron chi connectivity index (χ4n) is 5.74. The molecule has 1 aromatic carbocycles. The average molecular weight is 445 g/mol. The molecule has 4 aliphatic heterocycles. The summed E-state index contributed by atoms with van der Waals surface area (Å²) in [6, 6.07) is 6.09. The number of aliphatic hydroxyl groups excluding tert-OH is 1. The topological polar surface area (TPSA) is 84.4 Å². The van der Waals surface area contributed by atoms with E-state index in [0.29, 0.717) is 57.5 Å². The molecule has 4 fully saturated rings. The lowest BCUT2D eigenvalue weighted by molar-refractivity contribution is -0.180. The lowest BCUT2D eigenvalue weighted by atomic mass is 9.82. The van der Waals surface area contributed by atoms with E-state index in [0.717, 1.165) is 13.0 Å². The van der Waals surface area contributed by atoms with E-state index in [-0.39, 0.29) is 30.1 Å². The van der Waals surface area contributed by atoms with Crippen LogP contribution in [0.25, 0.3) is 0 Å². The number of aliphatic hydroxyl groups is 1. The Kier molecular flexibility index (Phi) is 5.51. The Hall–Kier alpha value is -2.36. The number of likely N-dealkylation sites (tertiary alicyclic amines) is 2. The zero-order chi connectivity index (χ0) is 22.5. The van der Waals surface area contributed by atoms with Gasteiger partial charge in [0, 0.05) is 57.8 Å². The lowest BCUT2D eigenvalue weighted by Gasteiger charge is -2.58. The number of hydrogen-bond donors (Lipinski definition) is 1. The Morgan fingerprint density at radius 1 is 1.12 bits per heavy atom. The molecule has 172 valence electrons. The van der Waals surface area contributed by atoms with E-state index in [4.69, 9.17) is 0 Å². The maximum absolute atomic E-state index is 14.1. The molecule has 5 rings (SSSR count). The van der Waals surface area contributed by atoms with Crippen LogP contribution in [0.15, 0.2) is 24.3 Å². The summed E-state index contributed by atoms with van der Waals surface area (Å²) in [5.41, 5.74) is -0.281. The van der Waals surface area contributed by atoms with Gasteiger partial charge in [0.05, 0.1) is 12.1 Å². The first kappa shape index (κ1) is 21.5. The van der Waals surface area contributed by atoms with Gasteiger partial charge in [0.2, 0.25) is 11.8 Å². The van der Waals surface area contributed by atoms with E-state index in [1.807, 2.05) is 9.80 Å². The number of amides is 3. The van der Waals surface area contributed by atoms with Crippen LogP contribution in [0.4, 0.5) is 4.39 Å². The van der Waals surface area contributed by atoms with Crippen molar-refractivity contribution in [3.05, 3.63) is 35.6 Å². The van der Waals surface area contributed by atoms with Crippen LogP contribution in [0.3, 0.4) is 0 Å². The summed E-state index contributed by atoms with van der Waals surface area (Å²) >= 11 is 0. The summed E-state index contributed by atoms with van der Waals surface area (Å²) in [4.78, 5) is 45.5. The third kappa shape index (κ3) is 3.52. The minimum atomic E-state index is -0.856. The number of nitrogens with zero attached hydrogens (tertiary/aromatic N) is 4. The third-order valence-electron chi connectivity index (χ3n) is 7.33. The largest absolute Gasteiger partial charge is 0.392 e. The summed E-state index contributed by atoms with van der Waals surface area (Å²) in [5, 5.41) is 10.3. The average Bonchev–Trinajstić information content (AvgIpc) is 3.33. The monoisotopic (exact) mass is 444 g/mol. The number of β-amino-alcohol motifs (C(OH)–C–C–N with tert-alkyl or cyclic N) is 1. The minimum absolute atomic E-state index is 0.130. The number of benzene rings is 1. The quantitative estimate of drug-likeness (QED) is 0.631. The Bertz CT molecular complexity index is 934. The Labute approximate surface area is 186 Å². The standard InChI is InChI=1S/C23H29FN4O4/c24-18-6-2-1-5-16(18)12-25-14-23(15-25)22(32)27(10-4-9-26-8-3-7-20(26)30)21(31)19-11-17(29)13-28(19)23/h1-2,5-6,17,19,29H,3-4,7-15H2/t17-,19+/m1/s1. The molecule has 0 aromatic heterocycles. The molecule has 4 heterocycles. The zero-order valence-electron chi connectivity index (χ0n) is 18.1. The predicted octanol–water partition coefficient (Wildman–Crippen LogP) is 0.197. The second-order valence-corrected chi connectivity index (χ2v) is 9.46. The van der Waals surface area contributed by atoms with Gasteiger partial charge in [-0.2, -0.15) is 0 Å². The molecule has 2 atom stereocenters. The number of piperazine rings is 1. The van der Waals surface area contributed by atoms with Crippen LogP contribution in [-0.2, 0) is 20.9 Å². The highest BCUT2D eigenvalue weighted by atomic mass is 19.1. The van der Waals surface area contributed by atoms with E-state index < -0.39 is 17.7 Å². The molecule has 8 nitrogen and oxygen atoms in total. The number of carbonyl (C=O) groups excluding carboxylic acids is 3. The summed E-state index contributed by atoms with van der Waals surface area (Å²) < 4.78 is 14.1. The summed E-state index contributed by atoms with van der Waals surface area (Å²) in [7, 11) is 0. The molecule has 0 radical (unpaired) electrons. The summed E-state index contributed by atoms with van der Waals surface area (Å²) in [6.07, 6.45) is 1.65. The molecule has 1 aromatic rings. The Morgan fingerprint density at radius 2 is 1.91 bits per heavy atom. The predicted molar refractivity (Wildman–Crippen MR) is 113 cm³/mol. The van der Waals surface area contributed by atoms with Gasteiger partial charge in [0.15, 0.2) is 0 Å². The van der Waals surface area contributed by atoms with Gasteiger partial charge in [0.25, 0.3) is 5.91 Å². The highest BCUT2D eigenvalue weighted by molar-refractivity contribution is 6.06. The van der Waals surface area contributed by atoms with Gasteiger partial charge in [-0.3, -0.25) is 29.1 Å². The lowest BCUT2D eigenvalue weighted by Crippen LogP contribution is -2.81. The normalized spacial score (nSPS) is 28.0. The van der Waals surface area contributed by atoms with Crippen LogP contribution in [0.2, 0.25) is 0 Å². The molecule has 0 aliphatic carbocycles. The van der Waals surface area contributed by atoms with Crippen LogP contribution in [0.5, 0.6) is 0 Å². The molecular weight excluding hydrogens is 415 g/mol. The number of carbonyl (C=O) groups is 3. The van der Waals surface area contributed by atoms with E-state index in [9.17, 15) is 23.9 Å². The van der Waals surface area contributed by atoms with Crippen molar-refractivity contribution in [2.45, 2.75) is 49.9 Å². The van der Waals surface area contributed by atoms with Crippen molar-refractivity contribution < 1.29 is 23.9 Å². The zero-order valence-corrected chi connectivity index (χ0v) is 18.1. The smallest absolute Gasteiger partial charge is 0.252 e. The number of halogens is 1. The van der Waals surface area contributed by atoms with Crippen molar-refractivity contribution in [3.8, 4) is 0 Å². The fourth-order valence-corrected chi connectivity index (χ4v) is 5.74. The molecule has 0 saturated carbocycles. The van der Waals surface area contributed by atoms with E-state index >= 15 is 0 Å². The first-order valence-electron chi connectivity index (χ1n) is 11.4. The number of hydrogen-bond acceptors (Lipinski definition) is 6. The fraction of sp³-hybridized carbons (Fsp3) is 0.609. The van der Waals surface area contributed by atoms with E-state index in [1.165, 1.54) is 11.0 Å². The van der Waals surface area contributed by atoms with Gasteiger partial charge in [-0.15, -0.1) is 0 Å². The summed E-state index contributed by atoms with van der Waals surface area (Å²) in [5.74, 6) is -0.625. The van der Waals surface area contributed by atoms with Gasteiger partial charge < -0.3 is 10.0 Å². The second-order valence-electron chi connectivity index (χ2n) is 9.46. The Balaban J connectivity index is 1.29. The summed E-state index contributed by atoms with van der Waals surface area (Å²) in [6.45, 7) is 3.05. The molecule has 1 spiro atoms. The maximum Gasteiger partial charge on any atom is 0.252 e. The SMILES string of the molecule is O=C1CCCN1CCCN1C(=O)[C@@H]2C[C@@H](O)CN2C2(CN(Cc3ccccc3F)C2)C1=O. The van der Waals surface area contributed by atoms with Crippen molar-refractivity contribution in [1.82, 2.24) is 19.6 Å². The number of imide groups is 1. The van der Waals surface area contributed by atoms with Crippen molar-refractivity contribution in [3.63, 3.8) is 0 Å². The molecule has 32 heavy (non-hydrogen) atoms. The van der Waals surface area contributed by atoms with Crippen LogP contribution < -0.4 is 0 Å². The van der Waals surface area contributed by atoms with Gasteiger partial charge in [0.1, 0.15) is 11.4 Å². The molecule has 3 amide bonds.